The lowest BCUT2D eigenvalue weighted by atomic mass is 10.2. The first-order valence-corrected chi connectivity index (χ1v) is 9.68. The third-order valence-electron chi connectivity index (χ3n) is 3.75. The first kappa shape index (κ1) is 17.7. The van der Waals surface area contributed by atoms with Crippen molar-refractivity contribution >= 4 is 27.7 Å². The molecule has 0 radical (unpaired) electrons. The van der Waals surface area contributed by atoms with Crippen LogP contribution in [0.4, 0.5) is 4.39 Å². The Morgan fingerprint density at radius 3 is 2.81 bits per heavy atom. The van der Waals surface area contributed by atoms with Crippen molar-refractivity contribution in [2.45, 2.75) is 10.9 Å². The largest absolute Gasteiger partial charge is 0.444 e. The van der Waals surface area contributed by atoms with Crippen LogP contribution < -0.4 is 5.84 Å². The minimum absolute atomic E-state index is 0.336. The first-order chi connectivity index (χ1) is 13.1. The summed E-state index contributed by atoms with van der Waals surface area (Å²) in [5.74, 6) is 7.23. The van der Waals surface area contributed by atoms with Gasteiger partial charge in [0.2, 0.25) is 11.0 Å². The van der Waals surface area contributed by atoms with Crippen LogP contribution in [0.5, 0.6) is 0 Å². The van der Waals surface area contributed by atoms with Gasteiger partial charge in [-0.25, -0.2) is 14.1 Å². The molecule has 4 aromatic rings. The number of nitrogen functional groups attached to an aromatic ring is 1. The molecule has 2 aromatic heterocycles. The van der Waals surface area contributed by atoms with Gasteiger partial charge in [0.15, 0.2) is 5.82 Å². The first-order valence-electron chi connectivity index (χ1n) is 7.90. The van der Waals surface area contributed by atoms with Crippen molar-refractivity contribution in [1.29, 1.82) is 0 Å². The molecule has 27 heavy (non-hydrogen) atoms. The van der Waals surface area contributed by atoms with Crippen LogP contribution in [0.25, 0.3) is 22.8 Å². The lowest BCUT2D eigenvalue weighted by Gasteiger charge is -2.04. The fourth-order valence-electron chi connectivity index (χ4n) is 2.47. The molecule has 0 amide bonds. The molecule has 9 heteroatoms. The number of rotatable bonds is 5. The van der Waals surface area contributed by atoms with Gasteiger partial charge in [-0.05, 0) is 30.3 Å². The van der Waals surface area contributed by atoms with Gasteiger partial charge in [0.05, 0.1) is 5.69 Å². The predicted octanol–water partition coefficient (Wildman–Crippen LogP) is 4.51. The van der Waals surface area contributed by atoms with E-state index in [2.05, 4.69) is 31.1 Å². The molecule has 0 aliphatic carbocycles. The molecule has 2 aromatic carbocycles. The molecule has 2 heterocycles. The van der Waals surface area contributed by atoms with Gasteiger partial charge in [-0.15, -0.1) is 10.2 Å². The fourth-order valence-corrected chi connectivity index (χ4v) is 3.66. The highest BCUT2D eigenvalue weighted by Gasteiger charge is 2.15. The Kier molecular flexibility index (Phi) is 4.95. The summed E-state index contributed by atoms with van der Waals surface area (Å²) >= 11 is 4.88. The summed E-state index contributed by atoms with van der Waals surface area (Å²) < 4.78 is 21.1. The summed E-state index contributed by atoms with van der Waals surface area (Å²) in [6.45, 7) is 0. The number of halogens is 2. The van der Waals surface area contributed by atoms with Crippen molar-refractivity contribution < 1.29 is 8.81 Å². The van der Waals surface area contributed by atoms with Crippen LogP contribution in [0.1, 0.15) is 5.69 Å². The summed E-state index contributed by atoms with van der Waals surface area (Å²) in [5.41, 5.74) is 2.14. The highest BCUT2D eigenvalue weighted by molar-refractivity contribution is 9.10. The fraction of sp³-hybridized carbons (Fsp3) is 0.0556. The Morgan fingerprint density at radius 2 is 2.00 bits per heavy atom. The van der Waals surface area contributed by atoms with Gasteiger partial charge in [-0.1, -0.05) is 45.9 Å². The topological polar surface area (TPSA) is 82.8 Å². The average molecular weight is 446 g/mol. The van der Waals surface area contributed by atoms with E-state index in [1.165, 1.54) is 28.6 Å². The van der Waals surface area contributed by atoms with Gasteiger partial charge >= 0.3 is 0 Å². The lowest BCUT2D eigenvalue weighted by molar-refractivity contribution is 0.571. The van der Waals surface area contributed by atoms with E-state index < -0.39 is 0 Å². The number of thioether (sulfide) groups is 1. The molecule has 0 saturated heterocycles. The third kappa shape index (κ3) is 3.74. The quantitative estimate of drug-likeness (QED) is 0.359. The maximum absolute atomic E-state index is 13.3. The molecule has 0 fully saturated rings. The number of oxazole rings is 1. The van der Waals surface area contributed by atoms with Gasteiger partial charge in [-0.2, -0.15) is 0 Å². The Hall–Kier alpha value is -2.65. The number of benzene rings is 2. The van der Waals surface area contributed by atoms with Crippen molar-refractivity contribution in [3.8, 4) is 22.8 Å². The zero-order valence-corrected chi connectivity index (χ0v) is 16.2. The van der Waals surface area contributed by atoms with Gasteiger partial charge in [-0.3, -0.25) is 0 Å². The van der Waals surface area contributed by atoms with Crippen LogP contribution in [0.3, 0.4) is 0 Å². The zero-order valence-electron chi connectivity index (χ0n) is 13.8. The Labute approximate surface area is 166 Å². The predicted molar refractivity (Wildman–Crippen MR) is 105 cm³/mol. The van der Waals surface area contributed by atoms with Crippen molar-refractivity contribution in [3.05, 3.63) is 70.8 Å². The summed E-state index contributed by atoms with van der Waals surface area (Å²) in [6.07, 6.45) is 1.54. The molecular weight excluding hydrogens is 433 g/mol. The average Bonchev–Trinajstić information content (AvgIpc) is 3.28. The number of hydrogen-bond donors (Lipinski definition) is 1. The molecule has 0 spiro atoms. The molecule has 0 bridgehead atoms. The van der Waals surface area contributed by atoms with E-state index in [0.29, 0.717) is 33.9 Å². The van der Waals surface area contributed by atoms with Crippen molar-refractivity contribution in [2.24, 2.45) is 0 Å². The molecule has 0 aliphatic rings. The van der Waals surface area contributed by atoms with Gasteiger partial charge in [0.1, 0.15) is 12.1 Å². The second-order valence-corrected chi connectivity index (χ2v) is 7.40. The van der Waals surface area contributed by atoms with Gasteiger partial charge in [0, 0.05) is 21.4 Å². The van der Waals surface area contributed by atoms with E-state index in [1.54, 1.807) is 18.4 Å². The number of hydrogen-bond acceptors (Lipinski definition) is 6. The molecule has 4 rings (SSSR count). The second kappa shape index (κ2) is 7.53. The molecule has 6 nitrogen and oxygen atoms in total. The van der Waals surface area contributed by atoms with Crippen LogP contribution in [-0.4, -0.2) is 19.9 Å². The Balaban J connectivity index is 1.50. The minimum Gasteiger partial charge on any atom is -0.444 e. The molecule has 0 atom stereocenters. The monoisotopic (exact) mass is 445 g/mol. The van der Waals surface area contributed by atoms with Crippen molar-refractivity contribution in [1.82, 2.24) is 19.9 Å². The number of aromatic nitrogens is 4. The standard InChI is InChI=1S/C18H13BrFN5OS/c19-15-7-2-1-6-14(15)16-23-24-18(25(16)21)27-10-13-9-26-17(22-13)11-4-3-5-12(20)8-11/h1-9H,10,21H2. The highest BCUT2D eigenvalue weighted by atomic mass is 79.9. The SMILES string of the molecule is Nn1c(SCc2coc(-c3cccc(F)c3)n2)nnc1-c1ccccc1Br. The maximum atomic E-state index is 13.3. The van der Waals surface area contributed by atoms with E-state index in [1.807, 2.05) is 24.3 Å². The smallest absolute Gasteiger partial charge is 0.226 e. The third-order valence-corrected chi connectivity index (χ3v) is 5.42. The Morgan fingerprint density at radius 1 is 1.15 bits per heavy atom. The molecular formula is C18H13BrFN5OS. The summed E-state index contributed by atoms with van der Waals surface area (Å²) in [7, 11) is 0. The van der Waals surface area contributed by atoms with Crippen LogP contribution in [0.15, 0.2) is 68.8 Å². The molecule has 136 valence electrons. The van der Waals surface area contributed by atoms with Gasteiger partial charge in [0.25, 0.3) is 0 Å². The summed E-state index contributed by atoms with van der Waals surface area (Å²) in [5, 5.41) is 8.87. The normalized spacial score (nSPS) is 11.0. The van der Waals surface area contributed by atoms with E-state index in [4.69, 9.17) is 10.3 Å². The van der Waals surface area contributed by atoms with E-state index in [0.717, 1.165) is 10.0 Å². The molecule has 0 saturated carbocycles. The Bertz CT molecular complexity index is 1100. The lowest BCUT2D eigenvalue weighted by Crippen LogP contribution is -2.11. The van der Waals surface area contributed by atoms with E-state index >= 15 is 0 Å². The number of nitrogens with two attached hydrogens (primary N) is 1. The van der Waals surface area contributed by atoms with Crippen molar-refractivity contribution in [3.63, 3.8) is 0 Å². The van der Waals surface area contributed by atoms with E-state index in [9.17, 15) is 4.39 Å². The van der Waals surface area contributed by atoms with Crippen molar-refractivity contribution in [2.75, 3.05) is 5.84 Å². The summed E-state index contributed by atoms with van der Waals surface area (Å²) in [6, 6.07) is 13.8. The van der Waals surface area contributed by atoms with Crippen LogP contribution >= 0.6 is 27.7 Å². The van der Waals surface area contributed by atoms with Gasteiger partial charge < -0.3 is 10.3 Å². The highest BCUT2D eigenvalue weighted by Crippen LogP contribution is 2.29. The van der Waals surface area contributed by atoms with Crippen LogP contribution in [0, 0.1) is 5.82 Å². The van der Waals surface area contributed by atoms with Crippen LogP contribution in [0.2, 0.25) is 0 Å². The number of nitrogens with zero attached hydrogens (tertiary/aromatic N) is 4. The zero-order chi connectivity index (χ0) is 18.8. The maximum Gasteiger partial charge on any atom is 0.226 e. The molecule has 0 unspecified atom stereocenters. The minimum atomic E-state index is -0.336. The molecule has 2 N–H and O–H groups in total. The second-order valence-electron chi connectivity index (χ2n) is 5.60. The van der Waals surface area contributed by atoms with Crippen LogP contribution in [-0.2, 0) is 5.75 Å². The molecule has 0 aliphatic heterocycles. The van der Waals surface area contributed by atoms with E-state index in [-0.39, 0.29) is 5.82 Å². The summed E-state index contributed by atoms with van der Waals surface area (Å²) in [4.78, 5) is 4.39.